The standard InChI is InChI=1S/C11H14FN3O2/c1-14-5-3-2-4-8-6-9(12)11(13)10(7-8)15(16)17/h2,4,6-7,14H,3,5,13H2,1H3. The fourth-order valence-electron chi connectivity index (χ4n) is 1.32. The maximum atomic E-state index is 13.3. The average Bonchev–Trinajstić information content (AvgIpc) is 2.28. The smallest absolute Gasteiger partial charge is 0.295 e. The highest BCUT2D eigenvalue weighted by atomic mass is 19.1. The molecule has 3 N–H and O–H groups in total. The van der Waals surface area contributed by atoms with Gasteiger partial charge in [0.1, 0.15) is 5.69 Å². The number of nitro benzene ring substituents is 1. The van der Waals surface area contributed by atoms with Crippen LogP contribution < -0.4 is 11.1 Å². The largest absolute Gasteiger partial charge is 0.391 e. The average molecular weight is 239 g/mol. The van der Waals surface area contributed by atoms with Crippen molar-refractivity contribution >= 4 is 17.5 Å². The number of nitrogens with one attached hydrogen (secondary N) is 1. The predicted octanol–water partition coefficient (Wildman–Crippen LogP) is 1.94. The van der Waals surface area contributed by atoms with Crippen molar-refractivity contribution < 1.29 is 9.31 Å². The highest BCUT2D eigenvalue weighted by molar-refractivity contribution is 5.65. The Labute approximate surface area is 98.3 Å². The summed E-state index contributed by atoms with van der Waals surface area (Å²) in [5.74, 6) is -0.771. The summed E-state index contributed by atoms with van der Waals surface area (Å²) < 4.78 is 13.3. The van der Waals surface area contributed by atoms with E-state index in [4.69, 9.17) is 5.73 Å². The molecule has 1 aromatic carbocycles. The van der Waals surface area contributed by atoms with Crippen LogP contribution in [0.4, 0.5) is 15.8 Å². The minimum Gasteiger partial charge on any atom is -0.391 e. The monoisotopic (exact) mass is 239 g/mol. The van der Waals surface area contributed by atoms with Crippen LogP contribution in [0.5, 0.6) is 0 Å². The molecule has 5 nitrogen and oxygen atoms in total. The van der Waals surface area contributed by atoms with Crippen molar-refractivity contribution in [3.05, 3.63) is 39.7 Å². The Kier molecular flexibility index (Phi) is 4.59. The molecule has 0 saturated carbocycles. The van der Waals surface area contributed by atoms with Crippen LogP contribution in [0.1, 0.15) is 12.0 Å². The van der Waals surface area contributed by atoms with Crippen molar-refractivity contribution in [2.45, 2.75) is 6.42 Å². The number of benzene rings is 1. The van der Waals surface area contributed by atoms with E-state index in [1.807, 2.05) is 13.1 Å². The van der Waals surface area contributed by atoms with Crippen LogP contribution in [0.25, 0.3) is 6.08 Å². The summed E-state index contributed by atoms with van der Waals surface area (Å²) in [6.07, 6.45) is 4.20. The van der Waals surface area contributed by atoms with Crippen molar-refractivity contribution in [2.75, 3.05) is 19.3 Å². The Balaban J connectivity index is 2.94. The molecular weight excluding hydrogens is 225 g/mol. The van der Waals surface area contributed by atoms with Crippen molar-refractivity contribution in [3.63, 3.8) is 0 Å². The molecule has 0 fully saturated rings. The molecule has 0 amide bonds. The number of nitrogens with zero attached hydrogens (tertiary/aromatic N) is 1. The van der Waals surface area contributed by atoms with E-state index in [-0.39, 0.29) is 0 Å². The van der Waals surface area contributed by atoms with Gasteiger partial charge >= 0.3 is 0 Å². The molecule has 0 atom stereocenters. The van der Waals surface area contributed by atoms with E-state index in [1.54, 1.807) is 6.08 Å². The lowest BCUT2D eigenvalue weighted by Gasteiger charge is -2.01. The van der Waals surface area contributed by atoms with E-state index in [1.165, 1.54) is 12.1 Å². The second-order valence-corrected chi connectivity index (χ2v) is 3.49. The van der Waals surface area contributed by atoms with Gasteiger partial charge in [0.25, 0.3) is 5.69 Å². The lowest BCUT2D eigenvalue weighted by Crippen LogP contribution is -2.05. The lowest BCUT2D eigenvalue weighted by molar-refractivity contribution is -0.384. The Hall–Kier alpha value is -1.95. The number of halogens is 1. The first-order valence-corrected chi connectivity index (χ1v) is 5.10. The zero-order valence-corrected chi connectivity index (χ0v) is 9.44. The summed E-state index contributed by atoms with van der Waals surface area (Å²) in [5, 5.41) is 13.6. The number of rotatable bonds is 5. The second-order valence-electron chi connectivity index (χ2n) is 3.49. The van der Waals surface area contributed by atoms with Gasteiger partial charge < -0.3 is 11.1 Å². The fraction of sp³-hybridized carbons (Fsp3) is 0.273. The molecule has 1 aromatic rings. The molecule has 17 heavy (non-hydrogen) atoms. The third-order valence-electron chi connectivity index (χ3n) is 2.20. The van der Waals surface area contributed by atoms with Gasteiger partial charge in [-0.3, -0.25) is 10.1 Å². The van der Waals surface area contributed by atoms with Gasteiger partial charge in [0.15, 0.2) is 5.82 Å². The van der Waals surface area contributed by atoms with Crippen LogP contribution in [0.15, 0.2) is 18.2 Å². The maximum absolute atomic E-state index is 13.3. The summed E-state index contributed by atoms with van der Waals surface area (Å²) in [6, 6.07) is 2.44. The summed E-state index contributed by atoms with van der Waals surface area (Å²) in [6.45, 7) is 0.788. The molecule has 0 heterocycles. The van der Waals surface area contributed by atoms with Crippen LogP contribution >= 0.6 is 0 Å². The second kappa shape index (κ2) is 5.95. The van der Waals surface area contributed by atoms with E-state index in [2.05, 4.69) is 5.32 Å². The molecule has 0 bridgehead atoms. The zero-order valence-electron chi connectivity index (χ0n) is 9.44. The molecule has 0 unspecified atom stereocenters. The normalized spacial score (nSPS) is 10.9. The van der Waals surface area contributed by atoms with Crippen LogP contribution in [0, 0.1) is 15.9 Å². The maximum Gasteiger partial charge on any atom is 0.295 e. The number of nitrogen functional groups attached to an aromatic ring is 1. The fourth-order valence-corrected chi connectivity index (χ4v) is 1.32. The van der Waals surface area contributed by atoms with E-state index >= 15 is 0 Å². The SMILES string of the molecule is CNCCC=Cc1cc(F)c(N)c([N+](=O)[O-])c1. The molecule has 6 heteroatoms. The van der Waals surface area contributed by atoms with Crippen molar-refractivity contribution in [1.29, 1.82) is 0 Å². The quantitative estimate of drug-likeness (QED) is 0.356. The van der Waals surface area contributed by atoms with Crippen molar-refractivity contribution in [1.82, 2.24) is 5.32 Å². The molecule has 0 aliphatic rings. The predicted molar refractivity (Wildman–Crippen MR) is 65.0 cm³/mol. The van der Waals surface area contributed by atoms with E-state index in [9.17, 15) is 14.5 Å². The van der Waals surface area contributed by atoms with Gasteiger partial charge in [-0.15, -0.1) is 0 Å². The van der Waals surface area contributed by atoms with Gasteiger partial charge in [-0.1, -0.05) is 12.2 Å². The van der Waals surface area contributed by atoms with Gasteiger partial charge in [0.2, 0.25) is 0 Å². The van der Waals surface area contributed by atoms with Gasteiger partial charge in [0, 0.05) is 6.07 Å². The Morgan fingerprint density at radius 3 is 2.88 bits per heavy atom. The first-order valence-electron chi connectivity index (χ1n) is 5.10. The van der Waals surface area contributed by atoms with Crippen LogP contribution in [0.3, 0.4) is 0 Å². The Morgan fingerprint density at radius 1 is 1.59 bits per heavy atom. The molecule has 92 valence electrons. The molecule has 0 aliphatic carbocycles. The van der Waals surface area contributed by atoms with E-state index in [0.717, 1.165) is 13.0 Å². The first kappa shape index (κ1) is 13.1. The number of hydrogen-bond donors (Lipinski definition) is 2. The summed E-state index contributed by atoms with van der Waals surface area (Å²) >= 11 is 0. The third-order valence-corrected chi connectivity index (χ3v) is 2.20. The van der Waals surface area contributed by atoms with Crippen LogP contribution in [-0.2, 0) is 0 Å². The van der Waals surface area contributed by atoms with Crippen LogP contribution in [0.2, 0.25) is 0 Å². The summed E-state index contributed by atoms with van der Waals surface area (Å²) in [7, 11) is 1.82. The molecule has 0 aliphatic heterocycles. The molecule has 0 radical (unpaired) electrons. The number of nitrogens with two attached hydrogens (primary N) is 1. The topological polar surface area (TPSA) is 81.2 Å². The molecular formula is C11H14FN3O2. The Morgan fingerprint density at radius 2 is 2.29 bits per heavy atom. The minimum absolute atomic E-state index is 0.404. The number of hydrogen-bond acceptors (Lipinski definition) is 4. The van der Waals surface area contributed by atoms with Gasteiger partial charge in [-0.05, 0) is 31.6 Å². The van der Waals surface area contributed by atoms with Gasteiger partial charge in [0.05, 0.1) is 4.92 Å². The molecule has 0 spiro atoms. The third kappa shape index (κ3) is 3.53. The molecule has 0 aromatic heterocycles. The highest BCUT2D eigenvalue weighted by Crippen LogP contribution is 2.26. The van der Waals surface area contributed by atoms with Crippen molar-refractivity contribution in [3.8, 4) is 0 Å². The lowest BCUT2D eigenvalue weighted by atomic mass is 10.1. The number of nitro groups is 1. The first-order chi connectivity index (χ1) is 8.06. The Bertz CT molecular complexity index is 447. The van der Waals surface area contributed by atoms with Crippen molar-refractivity contribution in [2.24, 2.45) is 0 Å². The van der Waals surface area contributed by atoms with Gasteiger partial charge in [-0.25, -0.2) is 4.39 Å². The van der Waals surface area contributed by atoms with E-state index in [0.29, 0.717) is 5.56 Å². The van der Waals surface area contributed by atoms with Gasteiger partial charge in [-0.2, -0.15) is 0 Å². The zero-order chi connectivity index (χ0) is 12.8. The summed E-state index contributed by atoms with van der Waals surface area (Å²) in [4.78, 5) is 9.94. The molecule has 0 saturated heterocycles. The molecule has 1 rings (SSSR count). The minimum atomic E-state index is -0.771. The highest BCUT2D eigenvalue weighted by Gasteiger charge is 2.16. The van der Waals surface area contributed by atoms with E-state index < -0.39 is 22.1 Å². The summed E-state index contributed by atoms with van der Waals surface area (Å²) in [5.41, 5.74) is 4.88. The number of anilines is 1. The van der Waals surface area contributed by atoms with Crippen LogP contribution in [-0.4, -0.2) is 18.5 Å².